The number of aryl methyl sites for hydroxylation is 2. The van der Waals surface area contributed by atoms with Crippen LogP contribution in [0.15, 0.2) is 81.8 Å². The summed E-state index contributed by atoms with van der Waals surface area (Å²) in [5, 5.41) is 6.95. The van der Waals surface area contributed by atoms with Gasteiger partial charge in [0.05, 0.1) is 5.69 Å². The van der Waals surface area contributed by atoms with E-state index in [2.05, 4.69) is 26.4 Å². The Morgan fingerprint density at radius 1 is 0.972 bits per heavy atom. The van der Waals surface area contributed by atoms with Gasteiger partial charge >= 0.3 is 0 Å². The summed E-state index contributed by atoms with van der Waals surface area (Å²) in [5.74, 6) is 0.0370. The number of nitrogens with one attached hydrogen (secondary N) is 1. The molecule has 0 unspecified atom stereocenters. The quantitative estimate of drug-likeness (QED) is 0.299. The van der Waals surface area contributed by atoms with Crippen LogP contribution in [0.1, 0.15) is 48.9 Å². The van der Waals surface area contributed by atoms with Gasteiger partial charge in [-0.2, -0.15) is 0 Å². The summed E-state index contributed by atoms with van der Waals surface area (Å²) < 4.78 is 6.08. The van der Waals surface area contributed by atoms with E-state index < -0.39 is 0 Å². The maximum atomic E-state index is 13.7. The van der Waals surface area contributed by atoms with E-state index in [0.717, 1.165) is 21.2 Å². The maximum absolute atomic E-state index is 13.7. The van der Waals surface area contributed by atoms with Crippen molar-refractivity contribution in [3.8, 4) is 0 Å². The zero-order valence-electron chi connectivity index (χ0n) is 20.1. The van der Waals surface area contributed by atoms with Gasteiger partial charge in [-0.25, -0.2) is 0 Å². The van der Waals surface area contributed by atoms with Gasteiger partial charge in [0, 0.05) is 35.4 Å². The fourth-order valence-corrected chi connectivity index (χ4v) is 4.43. The van der Waals surface area contributed by atoms with Crippen molar-refractivity contribution in [1.29, 1.82) is 0 Å². The third-order valence-corrected chi connectivity index (χ3v) is 6.34. The molecule has 0 fully saturated rings. The van der Waals surface area contributed by atoms with Gasteiger partial charge in [-0.1, -0.05) is 69.6 Å². The molecule has 8 heteroatoms. The van der Waals surface area contributed by atoms with Crippen LogP contribution in [0.3, 0.4) is 0 Å². The van der Waals surface area contributed by atoms with Gasteiger partial charge in [0.2, 0.25) is 0 Å². The molecular weight excluding hydrogens is 520 g/mol. The minimum Gasteiger partial charge on any atom is -0.361 e. The minimum atomic E-state index is -0.233. The first kappa shape index (κ1) is 25.3. The molecule has 0 aliphatic rings. The van der Waals surface area contributed by atoms with Crippen molar-refractivity contribution >= 4 is 33.4 Å². The number of halogens is 1. The summed E-state index contributed by atoms with van der Waals surface area (Å²) in [6.45, 7) is 4.52. The molecule has 0 saturated carbocycles. The van der Waals surface area contributed by atoms with Crippen LogP contribution in [0, 0.1) is 13.8 Å². The summed E-state index contributed by atoms with van der Waals surface area (Å²) in [5.41, 5.74) is 10.7. The predicted octanol–water partition coefficient (Wildman–Crippen LogP) is 5.61. The van der Waals surface area contributed by atoms with E-state index in [1.54, 1.807) is 30.9 Å². The second kappa shape index (κ2) is 11.3. The molecule has 3 N–H and O–H groups in total. The van der Waals surface area contributed by atoms with Crippen LogP contribution in [0.4, 0.5) is 5.69 Å². The fraction of sp³-hybridized carbons (Fsp3) is 0.179. The van der Waals surface area contributed by atoms with Gasteiger partial charge in [0.25, 0.3) is 11.8 Å². The predicted molar refractivity (Wildman–Crippen MR) is 142 cm³/mol. The molecule has 0 aliphatic carbocycles. The van der Waals surface area contributed by atoms with Crippen LogP contribution in [0.5, 0.6) is 0 Å². The van der Waals surface area contributed by atoms with E-state index in [1.807, 2.05) is 60.7 Å². The third kappa shape index (κ3) is 5.90. The van der Waals surface area contributed by atoms with Gasteiger partial charge in [-0.15, -0.1) is 0 Å². The molecule has 4 aromatic rings. The van der Waals surface area contributed by atoms with Crippen LogP contribution in [-0.2, 0) is 19.6 Å². The topological polar surface area (TPSA) is 101 Å². The second-order valence-corrected chi connectivity index (χ2v) is 9.42. The number of hydrogen-bond donors (Lipinski definition) is 2. The molecular formula is C28H27BrN4O3. The molecule has 0 aliphatic heterocycles. The van der Waals surface area contributed by atoms with Crippen LogP contribution in [0.25, 0.3) is 0 Å². The number of amides is 2. The van der Waals surface area contributed by atoms with Crippen molar-refractivity contribution < 1.29 is 14.1 Å². The Labute approximate surface area is 218 Å². The summed E-state index contributed by atoms with van der Waals surface area (Å²) in [7, 11) is 0. The average Bonchev–Trinajstić information content (AvgIpc) is 3.22. The summed E-state index contributed by atoms with van der Waals surface area (Å²) >= 11 is 3.41. The summed E-state index contributed by atoms with van der Waals surface area (Å²) in [6, 6.07) is 22.5. The maximum Gasteiger partial charge on any atom is 0.259 e. The Morgan fingerprint density at radius 2 is 1.72 bits per heavy atom. The number of carbonyl (C=O) groups is 2. The average molecular weight is 547 g/mol. The Bertz CT molecular complexity index is 1380. The van der Waals surface area contributed by atoms with Gasteiger partial charge in [-0.3, -0.25) is 9.59 Å². The third-order valence-electron chi connectivity index (χ3n) is 5.85. The molecule has 2 amide bonds. The highest BCUT2D eigenvalue weighted by Crippen LogP contribution is 2.24. The van der Waals surface area contributed by atoms with Crippen LogP contribution in [-0.4, -0.2) is 21.9 Å². The smallest absolute Gasteiger partial charge is 0.259 e. The van der Waals surface area contributed by atoms with Gasteiger partial charge < -0.3 is 20.5 Å². The molecule has 184 valence electrons. The molecule has 1 aromatic heterocycles. The first-order valence-corrected chi connectivity index (χ1v) is 12.3. The van der Waals surface area contributed by atoms with Crippen molar-refractivity contribution in [2.24, 2.45) is 5.73 Å². The lowest BCUT2D eigenvalue weighted by molar-refractivity contribution is 0.0728. The molecule has 0 saturated heterocycles. The highest BCUT2D eigenvalue weighted by Gasteiger charge is 2.25. The van der Waals surface area contributed by atoms with Crippen molar-refractivity contribution in [2.75, 3.05) is 5.32 Å². The molecule has 4 rings (SSSR count). The lowest BCUT2D eigenvalue weighted by Crippen LogP contribution is -2.31. The normalized spacial score (nSPS) is 10.8. The summed E-state index contributed by atoms with van der Waals surface area (Å²) in [4.78, 5) is 28.4. The van der Waals surface area contributed by atoms with E-state index in [4.69, 9.17) is 10.3 Å². The number of para-hydroxylation sites is 1. The number of rotatable bonds is 8. The molecule has 0 radical (unpaired) electrons. The van der Waals surface area contributed by atoms with E-state index in [9.17, 15) is 9.59 Å². The number of nitrogens with zero attached hydrogens (tertiary/aromatic N) is 2. The van der Waals surface area contributed by atoms with E-state index in [-0.39, 0.29) is 18.4 Å². The standard InChI is InChI=1S/C28H27BrN4O3/c1-18-26(19(2)36-32-18)28(35)33(16-21-8-5-7-20(13-21)15-30)17-23-9-3-4-12-25(23)31-27(34)22-10-6-11-24(29)14-22/h3-14H,15-17,30H2,1-2H3,(H,31,34). The molecule has 0 bridgehead atoms. The van der Waals surface area contributed by atoms with E-state index >= 15 is 0 Å². The van der Waals surface area contributed by atoms with Crippen LogP contribution in [0.2, 0.25) is 0 Å². The zero-order valence-corrected chi connectivity index (χ0v) is 21.7. The number of hydrogen-bond acceptors (Lipinski definition) is 5. The SMILES string of the molecule is Cc1noc(C)c1C(=O)N(Cc1cccc(CN)c1)Cc1ccccc1NC(=O)c1cccc(Br)c1. The van der Waals surface area contributed by atoms with Crippen LogP contribution < -0.4 is 11.1 Å². The highest BCUT2D eigenvalue weighted by atomic mass is 79.9. The molecule has 36 heavy (non-hydrogen) atoms. The Balaban J connectivity index is 1.65. The van der Waals surface area contributed by atoms with Crippen LogP contribution >= 0.6 is 15.9 Å². The van der Waals surface area contributed by atoms with Crippen molar-refractivity contribution in [3.05, 3.63) is 117 Å². The zero-order chi connectivity index (χ0) is 25.7. The largest absolute Gasteiger partial charge is 0.361 e. The number of anilines is 1. The number of benzene rings is 3. The van der Waals surface area contributed by atoms with Crippen molar-refractivity contribution in [2.45, 2.75) is 33.5 Å². The minimum absolute atomic E-state index is 0.197. The fourth-order valence-electron chi connectivity index (χ4n) is 4.03. The Kier molecular flexibility index (Phi) is 7.97. The second-order valence-electron chi connectivity index (χ2n) is 8.51. The van der Waals surface area contributed by atoms with Gasteiger partial charge in [-0.05, 0) is 54.8 Å². The van der Waals surface area contributed by atoms with Gasteiger partial charge in [0.1, 0.15) is 11.3 Å². The molecule has 0 spiro atoms. The monoisotopic (exact) mass is 546 g/mol. The Hall–Kier alpha value is -3.75. The molecule has 1 heterocycles. The van der Waals surface area contributed by atoms with E-state index in [0.29, 0.717) is 41.4 Å². The number of aromatic nitrogens is 1. The molecule has 0 atom stereocenters. The lowest BCUT2D eigenvalue weighted by atomic mass is 10.1. The van der Waals surface area contributed by atoms with Crippen molar-refractivity contribution in [3.63, 3.8) is 0 Å². The van der Waals surface area contributed by atoms with Gasteiger partial charge in [0.15, 0.2) is 0 Å². The first-order valence-electron chi connectivity index (χ1n) is 11.5. The van der Waals surface area contributed by atoms with E-state index in [1.165, 1.54) is 0 Å². The Morgan fingerprint density at radius 3 is 2.44 bits per heavy atom. The lowest BCUT2D eigenvalue weighted by Gasteiger charge is -2.24. The summed E-state index contributed by atoms with van der Waals surface area (Å²) in [6.07, 6.45) is 0. The molecule has 3 aromatic carbocycles. The first-order chi connectivity index (χ1) is 17.4. The van der Waals surface area contributed by atoms with Crippen molar-refractivity contribution in [1.82, 2.24) is 10.1 Å². The number of nitrogens with two attached hydrogens (primary N) is 1. The highest BCUT2D eigenvalue weighted by molar-refractivity contribution is 9.10. The molecule has 7 nitrogen and oxygen atoms in total. The number of carbonyl (C=O) groups excluding carboxylic acids is 2.